The minimum Gasteiger partial charge on any atom is -0.481 e. The number of nitrogens with zero attached hydrogens (tertiary/aromatic N) is 1. The van der Waals surface area contributed by atoms with Crippen molar-refractivity contribution in [3.8, 4) is 0 Å². The first-order chi connectivity index (χ1) is 7.11. The summed E-state index contributed by atoms with van der Waals surface area (Å²) in [6, 6.07) is 3.62. The summed E-state index contributed by atoms with van der Waals surface area (Å²) in [7, 11) is 1.71. The molecular weight excluding hydrogens is 194 g/mol. The van der Waals surface area contributed by atoms with Crippen LogP contribution in [0, 0.1) is 0 Å². The van der Waals surface area contributed by atoms with E-state index in [1.165, 1.54) is 4.57 Å². The Morgan fingerprint density at radius 2 is 2.20 bits per heavy atom. The number of carboxylic acid groups (broad SMARTS) is 1. The number of aromatic nitrogens is 1. The molecule has 0 aliphatic carbocycles. The molecule has 1 aromatic heterocycles. The van der Waals surface area contributed by atoms with Gasteiger partial charge in [0.1, 0.15) is 0 Å². The fourth-order valence-electron chi connectivity index (χ4n) is 1.44. The molecule has 1 rings (SSSR count). The third-order valence-electron chi connectivity index (χ3n) is 2.29. The van der Waals surface area contributed by atoms with Crippen molar-refractivity contribution in [2.24, 2.45) is 7.05 Å². The molecular formula is C11H15NO3. The van der Waals surface area contributed by atoms with Crippen molar-refractivity contribution in [2.45, 2.75) is 25.7 Å². The standard InChI is InChI=1S/C11H15NO3/c1-12-8-4-6-9(11(12)15)5-2-3-7-10(13)14/h4,6,8H,2-3,5,7H2,1H3,(H,13,14). The number of aryl methyl sites for hydroxylation is 2. The van der Waals surface area contributed by atoms with Crippen LogP contribution in [0.3, 0.4) is 0 Å². The van der Waals surface area contributed by atoms with Crippen LogP contribution in [0.4, 0.5) is 0 Å². The van der Waals surface area contributed by atoms with E-state index in [1.54, 1.807) is 19.3 Å². The van der Waals surface area contributed by atoms with Gasteiger partial charge in [0, 0.05) is 25.2 Å². The smallest absolute Gasteiger partial charge is 0.303 e. The van der Waals surface area contributed by atoms with E-state index in [9.17, 15) is 9.59 Å². The normalized spacial score (nSPS) is 10.2. The van der Waals surface area contributed by atoms with E-state index in [2.05, 4.69) is 0 Å². The maximum Gasteiger partial charge on any atom is 0.303 e. The van der Waals surface area contributed by atoms with E-state index in [0.29, 0.717) is 12.8 Å². The van der Waals surface area contributed by atoms with Crippen molar-refractivity contribution in [3.63, 3.8) is 0 Å². The summed E-state index contributed by atoms with van der Waals surface area (Å²) in [4.78, 5) is 21.8. The highest BCUT2D eigenvalue weighted by molar-refractivity contribution is 5.66. The molecule has 0 saturated heterocycles. The number of carbonyl (C=O) groups is 1. The van der Waals surface area contributed by atoms with Gasteiger partial charge in [-0.05, 0) is 25.3 Å². The molecule has 0 aliphatic heterocycles. The Kier molecular flexibility index (Phi) is 4.09. The largest absolute Gasteiger partial charge is 0.481 e. The van der Waals surface area contributed by atoms with Crippen LogP contribution in [0.15, 0.2) is 23.1 Å². The van der Waals surface area contributed by atoms with Gasteiger partial charge in [0.05, 0.1) is 0 Å². The molecule has 0 saturated carbocycles. The van der Waals surface area contributed by atoms with Gasteiger partial charge in [-0.3, -0.25) is 9.59 Å². The predicted octanol–water partition coefficient (Wildman–Crippen LogP) is 1.18. The predicted molar refractivity (Wildman–Crippen MR) is 56.9 cm³/mol. The quantitative estimate of drug-likeness (QED) is 0.741. The Morgan fingerprint density at radius 1 is 1.47 bits per heavy atom. The fraction of sp³-hybridized carbons (Fsp3) is 0.455. The lowest BCUT2D eigenvalue weighted by molar-refractivity contribution is -0.137. The van der Waals surface area contributed by atoms with Gasteiger partial charge in [-0.25, -0.2) is 0 Å². The molecule has 0 amide bonds. The molecule has 0 unspecified atom stereocenters. The van der Waals surface area contributed by atoms with Crippen molar-refractivity contribution >= 4 is 5.97 Å². The Morgan fingerprint density at radius 3 is 2.87 bits per heavy atom. The van der Waals surface area contributed by atoms with Crippen molar-refractivity contribution in [1.82, 2.24) is 4.57 Å². The first-order valence-electron chi connectivity index (χ1n) is 4.97. The van der Waals surface area contributed by atoms with Crippen LogP contribution in [0.5, 0.6) is 0 Å². The first kappa shape index (κ1) is 11.5. The molecule has 1 heterocycles. The molecule has 0 aromatic carbocycles. The molecule has 1 N–H and O–H groups in total. The van der Waals surface area contributed by atoms with Crippen LogP contribution >= 0.6 is 0 Å². The van der Waals surface area contributed by atoms with Gasteiger partial charge >= 0.3 is 5.97 Å². The van der Waals surface area contributed by atoms with E-state index >= 15 is 0 Å². The van der Waals surface area contributed by atoms with Gasteiger partial charge < -0.3 is 9.67 Å². The number of hydrogen-bond acceptors (Lipinski definition) is 2. The van der Waals surface area contributed by atoms with Crippen molar-refractivity contribution < 1.29 is 9.90 Å². The molecule has 82 valence electrons. The van der Waals surface area contributed by atoms with Crippen LogP contribution < -0.4 is 5.56 Å². The second-order valence-electron chi connectivity index (χ2n) is 3.55. The van der Waals surface area contributed by atoms with Crippen molar-refractivity contribution in [3.05, 3.63) is 34.2 Å². The number of rotatable bonds is 5. The van der Waals surface area contributed by atoms with Gasteiger partial charge in [0.25, 0.3) is 5.56 Å². The van der Waals surface area contributed by atoms with Crippen LogP contribution in [-0.4, -0.2) is 15.6 Å². The zero-order valence-corrected chi connectivity index (χ0v) is 8.77. The first-order valence-corrected chi connectivity index (χ1v) is 4.97. The SMILES string of the molecule is Cn1cccc(CCCCC(=O)O)c1=O. The fourth-order valence-corrected chi connectivity index (χ4v) is 1.44. The summed E-state index contributed by atoms with van der Waals surface area (Å²) < 4.78 is 1.53. The summed E-state index contributed by atoms with van der Waals surface area (Å²) in [6.07, 6.45) is 3.90. The third-order valence-corrected chi connectivity index (χ3v) is 2.29. The third kappa shape index (κ3) is 3.58. The Hall–Kier alpha value is -1.58. The molecule has 0 fully saturated rings. The number of unbranched alkanes of at least 4 members (excludes halogenated alkanes) is 1. The second-order valence-corrected chi connectivity index (χ2v) is 3.55. The molecule has 1 aromatic rings. The highest BCUT2D eigenvalue weighted by Crippen LogP contribution is 2.02. The highest BCUT2D eigenvalue weighted by atomic mass is 16.4. The van der Waals surface area contributed by atoms with Gasteiger partial charge in [-0.1, -0.05) is 6.07 Å². The van der Waals surface area contributed by atoms with Crippen LogP contribution in [0.1, 0.15) is 24.8 Å². The molecule has 0 radical (unpaired) electrons. The molecule has 4 nitrogen and oxygen atoms in total. The summed E-state index contributed by atoms with van der Waals surface area (Å²) in [5.41, 5.74) is 0.762. The average molecular weight is 209 g/mol. The number of aliphatic carboxylic acids is 1. The Labute approximate surface area is 88.2 Å². The topological polar surface area (TPSA) is 59.3 Å². The highest BCUT2D eigenvalue weighted by Gasteiger charge is 2.01. The van der Waals surface area contributed by atoms with Gasteiger partial charge in [0.2, 0.25) is 0 Å². The molecule has 0 atom stereocenters. The Balaban J connectivity index is 2.48. The number of hydrogen-bond donors (Lipinski definition) is 1. The van der Waals surface area contributed by atoms with Gasteiger partial charge in [-0.2, -0.15) is 0 Å². The summed E-state index contributed by atoms with van der Waals surface area (Å²) in [5, 5.41) is 8.44. The second kappa shape index (κ2) is 5.34. The number of carboxylic acids is 1. The molecule has 4 heteroatoms. The summed E-state index contributed by atoms with van der Waals surface area (Å²) >= 11 is 0. The summed E-state index contributed by atoms with van der Waals surface area (Å²) in [5.74, 6) is -0.782. The number of pyridine rings is 1. The molecule has 0 spiro atoms. The van der Waals surface area contributed by atoms with Crippen molar-refractivity contribution in [2.75, 3.05) is 0 Å². The van der Waals surface area contributed by atoms with E-state index < -0.39 is 5.97 Å². The van der Waals surface area contributed by atoms with Crippen LogP contribution in [0.25, 0.3) is 0 Å². The van der Waals surface area contributed by atoms with Gasteiger partial charge in [-0.15, -0.1) is 0 Å². The van der Waals surface area contributed by atoms with Gasteiger partial charge in [0.15, 0.2) is 0 Å². The van der Waals surface area contributed by atoms with E-state index in [-0.39, 0.29) is 12.0 Å². The van der Waals surface area contributed by atoms with E-state index in [1.807, 2.05) is 6.07 Å². The lowest BCUT2D eigenvalue weighted by Crippen LogP contribution is -2.19. The van der Waals surface area contributed by atoms with Crippen molar-refractivity contribution in [1.29, 1.82) is 0 Å². The molecule has 15 heavy (non-hydrogen) atoms. The summed E-state index contributed by atoms with van der Waals surface area (Å²) in [6.45, 7) is 0. The van der Waals surface area contributed by atoms with Crippen LogP contribution in [0.2, 0.25) is 0 Å². The average Bonchev–Trinajstić information content (AvgIpc) is 2.18. The lowest BCUT2D eigenvalue weighted by atomic mass is 10.1. The zero-order valence-electron chi connectivity index (χ0n) is 8.77. The minimum absolute atomic E-state index is 0.00725. The zero-order chi connectivity index (χ0) is 11.3. The minimum atomic E-state index is -0.782. The van der Waals surface area contributed by atoms with E-state index in [0.717, 1.165) is 12.0 Å². The molecule has 0 aliphatic rings. The van der Waals surface area contributed by atoms with E-state index in [4.69, 9.17) is 5.11 Å². The maximum atomic E-state index is 11.5. The maximum absolute atomic E-state index is 11.5. The monoisotopic (exact) mass is 209 g/mol. The lowest BCUT2D eigenvalue weighted by Gasteiger charge is -2.02. The van der Waals surface area contributed by atoms with Crippen LogP contribution in [-0.2, 0) is 18.3 Å². The molecule has 0 bridgehead atoms. The Bertz CT molecular complexity index is 395.